The van der Waals surface area contributed by atoms with Gasteiger partial charge in [0, 0.05) is 37.5 Å². The number of hydrogen-bond acceptors (Lipinski definition) is 10. The number of alkyl halides is 4. The molecule has 4 aromatic rings. The van der Waals surface area contributed by atoms with Gasteiger partial charge in [-0.15, -0.1) is 10.2 Å². The largest absolute Gasteiger partial charge is 0.432 e. The average molecular weight is 598 g/mol. The molecule has 1 N–H and O–H groups in total. The highest BCUT2D eigenvalue weighted by molar-refractivity contribution is 7.93. The second kappa shape index (κ2) is 12.4. The molecule has 0 amide bonds. The van der Waals surface area contributed by atoms with E-state index in [-0.39, 0.29) is 17.2 Å². The van der Waals surface area contributed by atoms with Crippen molar-refractivity contribution in [3.63, 3.8) is 0 Å². The molecule has 12 nitrogen and oxygen atoms in total. The van der Waals surface area contributed by atoms with E-state index in [1.807, 2.05) is 0 Å². The molecule has 0 saturated heterocycles. The van der Waals surface area contributed by atoms with Crippen molar-refractivity contribution in [3.8, 4) is 28.6 Å². The number of pyridine rings is 1. The minimum atomic E-state index is -4.43. The van der Waals surface area contributed by atoms with Gasteiger partial charge in [0.1, 0.15) is 17.0 Å². The number of ether oxygens (including phenoxy) is 3. The van der Waals surface area contributed by atoms with E-state index in [1.165, 1.54) is 51.0 Å². The number of hydrogen-bond donors (Lipinski definition) is 1. The number of benzene rings is 1. The van der Waals surface area contributed by atoms with Crippen molar-refractivity contribution in [1.29, 1.82) is 0 Å². The molecule has 2 atom stereocenters. The predicted octanol–water partition coefficient (Wildman–Crippen LogP) is 4.15. The number of aryl methyl sites for hydroxylation is 1. The number of para-hydroxylation sites is 1. The molecule has 17 heteroatoms. The number of halogens is 4. The summed E-state index contributed by atoms with van der Waals surface area (Å²) in [5, 5.41) is 6.53. The monoisotopic (exact) mass is 597 g/mol. The first-order valence-electron chi connectivity index (χ1n) is 11.7. The molecular formula is C24H23F4N7O5S. The molecule has 0 bridgehead atoms. The zero-order chi connectivity index (χ0) is 29.7. The summed E-state index contributed by atoms with van der Waals surface area (Å²) in [4.78, 5) is 12.2. The fraction of sp³-hybridized carbons (Fsp3) is 0.292. The van der Waals surface area contributed by atoms with Crippen molar-refractivity contribution < 1.29 is 40.2 Å². The van der Waals surface area contributed by atoms with Gasteiger partial charge in [-0.3, -0.25) is 14.3 Å². The highest BCUT2D eigenvalue weighted by Crippen LogP contribution is 2.39. The molecule has 0 aliphatic rings. The van der Waals surface area contributed by atoms with Gasteiger partial charge in [0.25, 0.3) is 0 Å². The van der Waals surface area contributed by atoms with Crippen LogP contribution >= 0.6 is 0 Å². The van der Waals surface area contributed by atoms with Gasteiger partial charge in [0.15, 0.2) is 23.1 Å². The van der Waals surface area contributed by atoms with Crippen molar-refractivity contribution in [3.05, 3.63) is 66.5 Å². The van der Waals surface area contributed by atoms with Crippen LogP contribution in [0.15, 0.2) is 55.1 Å². The van der Waals surface area contributed by atoms with Crippen molar-refractivity contribution in [2.45, 2.75) is 38.4 Å². The minimum absolute atomic E-state index is 0.0804. The van der Waals surface area contributed by atoms with E-state index in [2.05, 4.69) is 39.3 Å². The van der Waals surface area contributed by atoms with Gasteiger partial charge >= 0.3 is 13.2 Å². The predicted molar refractivity (Wildman–Crippen MR) is 136 cm³/mol. The number of sulfonamides is 1. The quantitative estimate of drug-likeness (QED) is 0.237. The van der Waals surface area contributed by atoms with E-state index >= 15 is 0 Å². The Morgan fingerprint density at radius 2 is 1.56 bits per heavy atom. The molecule has 41 heavy (non-hydrogen) atoms. The van der Waals surface area contributed by atoms with E-state index < -0.39 is 57.7 Å². The standard InChI is InChI=1S/C24H23F4N7O5S/c1-13-10-30-20(31-11-13)19(38-3)14(2)41(36,37)34-24-33-32-21(15-6-5-9-29-12-15)35(24)18-16(39-22(25)26)7-4-8-17(18)40-23(27)28/h4-12,14,19,22-23H,1-3H3,(H,33,34)/t14-,19-/m0/s1. The third kappa shape index (κ3) is 6.68. The van der Waals surface area contributed by atoms with Crippen LogP contribution in [0.3, 0.4) is 0 Å². The maximum Gasteiger partial charge on any atom is 0.387 e. The smallest absolute Gasteiger partial charge is 0.387 e. The summed E-state index contributed by atoms with van der Waals surface area (Å²) in [6, 6.07) is 6.29. The Morgan fingerprint density at radius 3 is 2.10 bits per heavy atom. The Balaban J connectivity index is 1.87. The van der Waals surface area contributed by atoms with Crippen LogP contribution in [0, 0.1) is 6.92 Å². The zero-order valence-electron chi connectivity index (χ0n) is 21.7. The Labute approximate surface area is 231 Å². The molecule has 0 saturated carbocycles. The molecule has 3 aromatic heterocycles. The SMILES string of the molecule is CO[C@H](c1ncc(C)cn1)[C@H](C)S(=O)(=O)Nc1nnc(-c2cccnc2)n1-c1c(OC(F)F)cccc1OC(F)F. The van der Waals surface area contributed by atoms with Gasteiger partial charge in [0.2, 0.25) is 16.0 Å². The topological polar surface area (TPSA) is 143 Å². The molecule has 0 unspecified atom stereocenters. The van der Waals surface area contributed by atoms with Crippen molar-refractivity contribution in [2.24, 2.45) is 0 Å². The van der Waals surface area contributed by atoms with Crippen LogP contribution in [0.25, 0.3) is 17.1 Å². The van der Waals surface area contributed by atoms with Gasteiger partial charge in [-0.1, -0.05) is 6.07 Å². The summed E-state index contributed by atoms with van der Waals surface area (Å²) in [6.45, 7) is -3.67. The van der Waals surface area contributed by atoms with E-state index in [1.54, 1.807) is 6.92 Å². The van der Waals surface area contributed by atoms with E-state index in [4.69, 9.17) is 4.74 Å². The summed E-state index contributed by atoms with van der Waals surface area (Å²) in [5.74, 6) is -1.88. The summed E-state index contributed by atoms with van der Waals surface area (Å²) < 4.78 is 98.2. The first kappa shape index (κ1) is 29.6. The minimum Gasteiger partial charge on any atom is -0.432 e. The van der Waals surface area contributed by atoms with Gasteiger partial charge in [-0.05, 0) is 43.7 Å². The van der Waals surface area contributed by atoms with E-state index in [9.17, 15) is 26.0 Å². The molecule has 0 radical (unpaired) electrons. The molecule has 0 fully saturated rings. The van der Waals surface area contributed by atoms with Crippen molar-refractivity contribution in [1.82, 2.24) is 29.7 Å². The van der Waals surface area contributed by atoms with E-state index in [0.29, 0.717) is 0 Å². The van der Waals surface area contributed by atoms with Crippen molar-refractivity contribution in [2.75, 3.05) is 11.8 Å². The maximum atomic E-state index is 13.6. The second-order valence-corrected chi connectivity index (χ2v) is 10.4. The van der Waals surface area contributed by atoms with Gasteiger partial charge in [-0.25, -0.2) is 18.4 Å². The Hall–Kier alpha value is -4.38. The molecule has 0 aliphatic heterocycles. The number of anilines is 1. The van der Waals surface area contributed by atoms with Crippen LogP contribution in [0.2, 0.25) is 0 Å². The summed E-state index contributed by atoms with van der Waals surface area (Å²) >= 11 is 0. The molecule has 218 valence electrons. The molecular weight excluding hydrogens is 574 g/mol. The second-order valence-electron chi connectivity index (χ2n) is 8.41. The lowest BCUT2D eigenvalue weighted by atomic mass is 10.2. The van der Waals surface area contributed by atoms with Crippen molar-refractivity contribution >= 4 is 16.0 Å². The molecule has 4 rings (SSSR count). The van der Waals surface area contributed by atoms with Gasteiger partial charge in [0.05, 0.1) is 0 Å². The fourth-order valence-corrected chi connectivity index (χ4v) is 4.92. The molecule has 0 aliphatic carbocycles. The first-order valence-corrected chi connectivity index (χ1v) is 13.3. The number of methoxy groups -OCH3 is 1. The number of nitrogens with zero attached hydrogens (tertiary/aromatic N) is 6. The van der Waals surface area contributed by atoms with Crippen LogP contribution in [0.5, 0.6) is 11.5 Å². The third-order valence-corrected chi connectivity index (χ3v) is 7.35. The Bertz CT molecular complexity index is 1550. The third-order valence-electron chi connectivity index (χ3n) is 5.66. The zero-order valence-corrected chi connectivity index (χ0v) is 22.5. The lowest BCUT2D eigenvalue weighted by Crippen LogP contribution is -2.33. The molecule has 0 spiro atoms. The van der Waals surface area contributed by atoms with Crippen LogP contribution in [0.4, 0.5) is 23.5 Å². The maximum absolute atomic E-state index is 13.6. The van der Waals surface area contributed by atoms with Crippen LogP contribution in [-0.4, -0.2) is 63.7 Å². The lowest BCUT2D eigenvalue weighted by Gasteiger charge is -2.23. The molecule has 3 heterocycles. The number of rotatable bonds is 12. The highest BCUT2D eigenvalue weighted by atomic mass is 32.2. The fourth-order valence-electron chi connectivity index (χ4n) is 3.79. The first-order chi connectivity index (χ1) is 19.5. The molecule has 1 aromatic carbocycles. The number of nitrogens with one attached hydrogen (secondary N) is 1. The Morgan fingerprint density at radius 1 is 0.927 bits per heavy atom. The normalized spacial score (nSPS) is 13.3. The summed E-state index contributed by atoms with van der Waals surface area (Å²) in [7, 11) is -3.15. The highest BCUT2D eigenvalue weighted by Gasteiger charge is 2.35. The number of aromatic nitrogens is 6. The van der Waals surface area contributed by atoms with E-state index in [0.717, 1.165) is 28.3 Å². The van der Waals surface area contributed by atoms with Gasteiger partial charge in [-0.2, -0.15) is 17.6 Å². The average Bonchev–Trinajstić information content (AvgIpc) is 3.32. The van der Waals surface area contributed by atoms with Crippen LogP contribution in [-0.2, 0) is 14.8 Å². The van der Waals surface area contributed by atoms with Gasteiger partial charge < -0.3 is 14.2 Å². The van der Waals surface area contributed by atoms with Crippen LogP contribution < -0.4 is 14.2 Å². The summed E-state index contributed by atoms with van der Waals surface area (Å²) in [6.07, 6.45) is 4.59. The Kier molecular flexibility index (Phi) is 8.97. The summed E-state index contributed by atoms with van der Waals surface area (Å²) in [5.41, 5.74) is 0.448. The lowest BCUT2D eigenvalue weighted by molar-refractivity contribution is -0.0542. The van der Waals surface area contributed by atoms with Crippen LogP contribution in [0.1, 0.15) is 24.4 Å².